The van der Waals surface area contributed by atoms with Gasteiger partial charge in [-0.3, -0.25) is 0 Å². The van der Waals surface area contributed by atoms with E-state index in [4.69, 9.17) is 0 Å². The Bertz CT molecular complexity index is 1690. The Kier molecular flexibility index (Phi) is 3.26. The molecule has 0 spiro atoms. The number of hydrogen-bond donors (Lipinski definition) is 0. The monoisotopic (exact) mass is 418 g/mol. The van der Waals surface area contributed by atoms with Gasteiger partial charge < -0.3 is 0 Å². The predicted octanol–water partition coefficient (Wildman–Crippen LogP) is 6.98. The van der Waals surface area contributed by atoms with Gasteiger partial charge in [-0.15, -0.1) is 22.7 Å². The summed E-state index contributed by atoms with van der Waals surface area (Å²) in [6, 6.07) is 21.5. The van der Waals surface area contributed by atoms with Crippen LogP contribution in [0.2, 0.25) is 0 Å². The first-order chi connectivity index (χ1) is 13.5. The molecule has 0 bridgehead atoms. The average Bonchev–Trinajstić information content (AvgIpc) is 3.29. The summed E-state index contributed by atoms with van der Waals surface area (Å²) in [5.74, 6) is 0. The lowest BCUT2D eigenvalue weighted by atomic mass is 9.96. The standard InChI is InChI=1S/C23H14O2S3/c1-28(24,25)23-12-16-9-20-14(11-22(16)27-23)3-5-17-18(20)4-2-13-10-21-15(6-7-26-21)8-19(13)17/h2-12H,1H3. The van der Waals surface area contributed by atoms with Crippen molar-refractivity contribution >= 4 is 85.0 Å². The number of rotatable bonds is 1. The fourth-order valence-electron chi connectivity index (χ4n) is 4.02. The first-order valence-electron chi connectivity index (χ1n) is 8.87. The van der Waals surface area contributed by atoms with Gasteiger partial charge in [-0.25, -0.2) is 8.42 Å². The predicted molar refractivity (Wildman–Crippen MR) is 123 cm³/mol. The summed E-state index contributed by atoms with van der Waals surface area (Å²) in [7, 11) is -3.19. The van der Waals surface area contributed by atoms with E-state index in [1.165, 1.54) is 49.2 Å². The lowest BCUT2D eigenvalue weighted by Crippen LogP contribution is -1.91. The van der Waals surface area contributed by atoms with Crippen molar-refractivity contribution < 1.29 is 8.42 Å². The highest BCUT2D eigenvalue weighted by molar-refractivity contribution is 7.92. The summed E-state index contributed by atoms with van der Waals surface area (Å²) in [4.78, 5) is 0. The molecule has 0 aliphatic rings. The van der Waals surface area contributed by atoms with Crippen LogP contribution >= 0.6 is 22.7 Å². The zero-order valence-corrected chi connectivity index (χ0v) is 17.3. The zero-order valence-electron chi connectivity index (χ0n) is 14.9. The summed E-state index contributed by atoms with van der Waals surface area (Å²) in [6.07, 6.45) is 1.27. The molecular formula is C23H14O2S3. The summed E-state index contributed by atoms with van der Waals surface area (Å²) >= 11 is 3.11. The molecule has 0 fully saturated rings. The van der Waals surface area contributed by atoms with Crippen LogP contribution in [-0.4, -0.2) is 14.7 Å². The van der Waals surface area contributed by atoms with Crippen LogP contribution in [0, 0.1) is 0 Å². The fourth-order valence-corrected chi connectivity index (χ4v) is 6.88. The van der Waals surface area contributed by atoms with Gasteiger partial charge in [0.1, 0.15) is 4.21 Å². The van der Waals surface area contributed by atoms with E-state index < -0.39 is 9.84 Å². The summed E-state index contributed by atoms with van der Waals surface area (Å²) < 4.78 is 26.6. The molecule has 5 heteroatoms. The van der Waals surface area contributed by atoms with Gasteiger partial charge in [0, 0.05) is 15.7 Å². The van der Waals surface area contributed by atoms with Crippen LogP contribution in [0.15, 0.2) is 70.3 Å². The van der Waals surface area contributed by atoms with Crippen LogP contribution in [0.5, 0.6) is 0 Å². The van der Waals surface area contributed by atoms with Gasteiger partial charge in [-0.2, -0.15) is 0 Å². The van der Waals surface area contributed by atoms with Gasteiger partial charge in [0.15, 0.2) is 9.84 Å². The van der Waals surface area contributed by atoms with Gasteiger partial charge in [-0.05, 0) is 84.9 Å². The Morgan fingerprint density at radius 2 is 1.29 bits per heavy atom. The number of sulfone groups is 1. The Labute approximate surface area is 169 Å². The second-order valence-electron chi connectivity index (χ2n) is 7.21. The van der Waals surface area contributed by atoms with E-state index in [0.717, 1.165) is 20.9 Å². The highest BCUT2D eigenvalue weighted by Crippen LogP contribution is 2.38. The minimum atomic E-state index is -3.19. The highest BCUT2D eigenvalue weighted by atomic mass is 32.2. The molecule has 0 saturated heterocycles. The Balaban J connectivity index is 1.74. The van der Waals surface area contributed by atoms with Crippen molar-refractivity contribution in [2.45, 2.75) is 4.21 Å². The molecule has 0 unspecified atom stereocenters. The Morgan fingerprint density at radius 3 is 1.96 bits per heavy atom. The van der Waals surface area contributed by atoms with E-state index in [9.17, 15) is 8.42 Å². The number of thiophene rings is 2. The van der Waals surface area contributed by atoms with E-state index in [1.807, 2.05) is 0 Å². The summed E-state index contributed by atoms with van der Waals surface area (Å²) in [5, 5.41) is 11.6. The highest BCUT2D eigenvalue weighted by Gasteiger charge is 2.13. The van der Waals surface area contributed by atoms with Crippen LogP contribution in [0.4, 0.5) is 0 Å². The van der Waals surface area contributed by atoms with Crippen LogP contribution < -0.4 is 0 Å². The van der Waals surface area contributed by atoms with Gasteiger partial charge in [0.25, 0.3) is 0 Å². The third kappa shape index (κ3) is 2.33. The molecule has 6 aromatic rings. The molecule has 0 radical (unpaired) electrons. The van der Waals surface area contributed by atoms with Crippen molar-refractivity contribution in [2.75, 3.05) is 6.26 Å². The molecule has 0 N–H and O–H groups in total. The van der Waals surface area contributed by atoms with Crippen molar-refractivity contribution in [1.29, 1.82) is 0 Å². The first-order valence-corrected chi connectivity index (χ1v) is 12.5. The summed E-state index contributed by atoms with van der Waals surface area (Å²) in [6.45, 7) is 0. The topological polar surface area (TPSA) is 34.1 Å². The van der Waals surface area contributed by atoms with Crippen LogP contribution in [0.25, 0.3) is 52.5 Å². The quantitative estimate of drug-likeness (QED) is 0.270. The molecule has 0 saturated carbocycles. The molecule has 4 aromatic carbocycles. The molecule has 28 heavy (non-hydrogen) atoms. The van der Waals surface area contributed by atoms with E-state index in [2.05, 4.69) is 60.0 Å². The molecule has 0 amide bonds. The van der Waals surface area contributed by atoms with E-state index in [0.29, 0.717) is 4.21 Å². The van der Waals surface area contributed by atoms with Crippen molar-refractivity contribution in [3.05, 3.63) is 66.0 Å². The Hall–Kier alpha value is -2.47. The third-order valence-electron chi connectivity index (χ3n) is 5.39. The third-order valence-corrected chi connectivity index (χ3v) is 9.16. The maximum absolute atomic E-state index is 12.0. The van der Waals surface area contributed by atoms with E-state index in [-0.39, 0.29) is 0 Å². The zero-order chi connectivity index (χ0) is 19.0. The smallest absolute Gasteiger partial charge is 0.184 e. The molecule has 136 valence electrons. The first kappa shape index (κ1) is 16.5. The largest absolute Gasteiger partial charge is 0.223 e. The number of benzene rings is 4. The SMILES string of the molecule is CS(=O)(=O)c1cc2cc3c(ccc4c5cc6ccsc6cc5ccc34)cc2s1. The molecule has 0 atom stereocenters. The van der Waals surface area contributed by atoms with E-state index >= 15 is 0 Å². The Morgan fingerprint density at radius 1 is 0.643 bits per heavy atom. The normalized spacial score (nSPS) is 12.8. The fraction of sp³-hybridized carbons (Fsp3) is 0.0435. The van der Waals surface area contributed by atoms with Crippen molar-refractivity contribution in [3.8, 4) is 0 Å². The van der Waals surface area contributed by atoms with Gasteiger partial charge in [0.05, 0.1) is 0 Å². The van der Waals surface area contributed by atoms with Gasteiger partial charge in [0.2, 0.25) is 0 Å². The molecule has 0 aliphatic heterocycles. The molecule has 6 rings (SSSR count). The minimum Gasteiger partial charge on any atom is -0.223 e. The van der Waals surface area contributed by atoms with E-state index in [1.54, 1.807) is 17.4 Å². The molecule has 2 aromatic heterocycles. The van der Waals surface area contributed by atoms with Crippen molar-refractivity contribution in [3.63, 3.8) is 0 Å². The molecular weight excluding hydrogens is 404 g/mol. The molecule has 2 heterocycles. The van der Waals surface area contributed by atoms with Gasteiger partial charge >= 0.3 is 0 Å². The lowest BCUT2D eigenvalue weighted by Gasteiger charge is -2.08. The van der Waals surface area contributed by atoms with Crippen LogP contribution in [0.3, 0.4) is 0 Å². The molecule has 0 aliphatic carbocycles. The van der Waals surface area contributed by atoms with Crippen LogP contribution in [0.1, 0.15) is 0 Å². The van der Waals surface area contributed by atoms with Crippen molar-refractivity contribution in [1.82, 2.24) is 0 Å². The lowest BCUT2D eigenvalue weighted by molar-refractivity contribution is 0.604. The second-order valence-corrected chi connectivity index (χ2v) is 11.5. The maximum atomic E-state index is 12.0. The summed E-state index contributed by atoms with van der Waals surface area (Å²) in [5.41, 5.74) is 0. The van der Waals surface area contributed by atoms with Gasteiger partial charge in [-0.1, -0.05) is 24.3 Å². The second kappa shape index (κ2) is 5.54. The molecule has 2 nitrogen and oxygen atoms in total. The average molecular weight is 419 g/mol. The number of fused-ring (bicyclic) bond motifs is 7. The number of hydrogen-bond acceptors (Lipinski definition) is 4. The van der Waals surface area contributed by atoms with Crippen LogP contribution in [-0.2, 0) is 9.84 Å². The van der Waals surface area contributed by atoms with Crippen molar-refractivity contribution in [2.24, 2.45) is 0 Å². The minimum absolute atomic E-state index is 0.424. The maximum Gasteiger partial charge on any atom is 0.184 e.